The molecule has 1 N–H and O–H groups in total. The Balaban J connectivity index is 1.79. The summed E-state index contributed by atoms with van der Waals surface area (Å²) >= 11 is 11.1. The SMILES string of the molecule is Cc1ccc(C)c(/C=N\n2c(COc3ccc(Cl)cc3)n[nH]c2=S)c1. The van der Waals surface area contributed by atoms with Crippen molar-refractivity contribution in [3.8, 4) is 5.75 Å². The highest BCUT2D eigenvalue weighted by Gasteiger charge is 2.06. The number of H-pyrrole nitrogens is 1. The van der Waals surface area contributed by atoms with E-state index in [-0.39, 0.29) is 6.61 Å². The van der Waals surface area contributed by atoms with E-state index < -0.39 is 0 Å². The summed E-state index contributed by atoms with van der Waals surface area (Å²) < 4.78 is 7.69. The Hall–Kier alpha value is -2.44. The van der Waals surface area contributed by atoms with Crippen LogP contribution in [-0.4, -0.2) is 21.1 Å². The predicted octanol–water partition coefficient (Wildman–Crippen LogP) is 4.67. The van der Waals surface area contributed by atoms with E-state index in [0.29, 0.717) is 21.4 Å². The van der Waals surface area contributed by atoms with Gasteiger partial charge in [-0.05, 0) is 61.5 Å². The smallest absolute Gasteiger partial charge is 0.216 e. The molecule has 0 saturated heterocycles. The van der Waals surface area contributed by atoms with Crippen molar-refractivity contribution in [1.82, 2.24) is 14.9 Å². The van der Waals surface area contributed by atoms with Crippen molar-refractivity contribution in [3.05, 3.63) is 74.8 Å². The molecule has 1 aromatic heterocycles. The van der Waals surface area contributed by atoms with Gasteiger partial charge in [0.05, 0.1) is 6.21 Å². The Morgan fingerprint density at radius 1 is 1.24 bits per heavy atom. The van der Waals surface area contributed by atoms with Gasteiger partial charge in [0, 0.05) is 5.02 Å². The minimum Gasteiger partial charge on any atom is -0.486 e. The molecule has 5 nitrogen and oxygen atoms in total. The molecule has 25 heavy (non-hydrogen) atoms. The van der Waals surface area contributed by atoms with Gasteiger partial charge in [-0.25, -0.2) is 5.10 Å². The molecular weight excluding hydrogens is 356 g/mol. The van der Waals surface area contributed by atoms with Crippen LogP contribution in [0.5, 0.6) is 5.75 Å². The Morgan fingerprint density at radius 3 is 2.76 bits per heavy atom. The molecule has 0 amide bonds. The zero-order valence-electron chi connectivity index (χ0n) is 13.9. The summed E-state index contributed by atoms with van der Waals surface area (Å²) in [6.45, 7) is 4.32. The maximum atomic E-state index is 5.87. The van der Waals surface area contributed by atoms with E-state index in [4.69, 9.17) is 28.6 Å². The summed E-state index contributed by atoms with van der Waals surface area (Å²) in [5.41, 5.74) is 3.35. The van der Waals surface area contributed by atoms with Crippen LogP contribution in [0.4, 0.5) is 0 Å². The molecule has 0 saturated carbocycles. The quantitative estimate of drug-likeness (QED) is 0.523. The highest BCUT2D eigenvalue weighted by atomic mass is 35.5. The molecule has 3 rings (SSSR count). The Morgan fingerprint density at radius 2 is 2.00 bits per heavy atom. The topological polar surface area (TPSA) is 55.2 Å². The molecule has 0 aliphatic heterocycles. The van der Waals surface area contributed by atoms with Gasteiger partial charge in [-0.1, -0.05) is 35.4 Å². The molecule has 0 bridgehead atoms. The van der Waals surface area contributed by atoms with Crippen LogP contribution in [-0.2, 0) is 6.61 Å². The summed E-state index contributed by atoms with van der Waals surface area (Å²) in [5.74, 6) is 1.28. The second-order valence-electron chi connectivity index (χ2n) is 5.60. The largest absolute Gasteiger partial charge is 0.486 e. The molecule has 0 atom stereocenters. The second kappa shape index (κ2) is 7.63. The summed E-state index contributed by atoms with van der Waals surface area (Å²) in [7, 11) is 0. The third kappa shape index (κ3) is 4.35. The molecule has 0 aliphatic rings. The zero-order valence-corrected chi connectivity index (χ0v) is 15.4. The first-order valence-corrected chi connectivity index (χ1v) is 8.48. The lowest BCUT2D eigenvalue weighted by molar-refractivity contribution is 0.290. The first-order chi connectivity index (χ1) is 12.0. The van der Waals surface area contributed by atoms with Crippen molar-refractivity contribution in [2.24, 2.45) is 5.10 Å². The van der Waals surface area contributed by atoms with E-state index in [9.17, 15) is 0 Å². The van der Waals surface area contributed by atoms with Crippen LogP contribution < -0.4 is 4.74 Å². The third-order valence-electron chi connectivity index (χ3n) is 3.65. The van der Waals surface area contributed by atoms with Crippen molar-refractivity contribution in [1.29, 1.82) is 0 Å². The number of aryl methyl sites for hydroxylation is 2. The number of rotatable bonds is 5. The fraction of sp³-hybridized carbons (Fsp3) is 0.167. The molecular formula is C18H17ClN4OS. The fourth-order valence-corrected chi connectivity index (χ4v) is 2.56. The van der Waals surface area contributed by atoms with Crippen LogP contribution in [0.2, 0.25) is 5.02 Å². The maximum absolute atomic E-state index is 5.87. The second-order valence-corrected chi connectivity index (χ2v) is 6.43. The van der Waals surface area contributed by atoms with Gasteiger partial charge in [-0.2, -0.15) is 14.9 Å². The number of nitrogens with one attached hydrogen (secondary N) is 1. The van der Waals surface area contributed by atoms with Gasteiger partial charge in [0.25, 0.3) is 0 Å². The minimum atomic E-state index is 0.235. The average molecular weight is 373 g/mol. The number of hydrogen-bond donors (Lipinski definition) is 1. The van der Waals surface area contributed by atoms with Gasteiger partial charge < -0.3 is 4.74 Å². The molecule has 0 spiro atoms. The highest BCUT2D eigenvalue weighted by Crippen LogP contribution is 2.16. The van der Waals surface area contributed by atoms with Gasteiger partial charge in [0.2, 0.25) is 4.77 Å². The fourth-order valence-electron chi connectivity index (χ4n) is 2.23. The van der Waals surface area contributed by atoms with Gasteiger partial charge in [-0.15, -0.1) is 0 Å². The van der Waals surface area contributed by atoms with Crippen LogP contribution in [0.15, 0.2) is 47.6 Å². The van der Waals surface area contributed by atoms with E-state index in [1.165, 1.54) is 5.56 Å². The van der Waals surface area contributed by atoms with Crippen molar-refractivity contribution in [2.45, 2.75) is 20.5 Å². The number of halogens is 1. The van der Waals surface area contributed by atoms with Crippen LogP contribution in [0.1, 0.15) is 22.5 Å². The molecule has 0 fully saturated rings. The van der Waals surface area contributed by atoms with Crippen molar-refractivity contribution < 1.29 is 4.74 Å². The molecule has 1 heterocycles. The normalized spacial score (nSPS) is 11.2. The molecule has 0 radical (unpaired) electrons. The van der Waals surface area contributed by atoms with Gasteiger partial charge in [0.15, 0.2) is 5.82 Å². The van der Waals surface area contributed by atoms with Crippen LogP contribution in [0.3, 0.4) is 0 Å². The van der Waals surface area contributed by atoms with E-state index in [1.54, 1.807) is 35.2 Å². The number of aromatic nitrogens is 3. The van der Waals surface area contributed by atoms with E-state index in [1.807, 2.05) is 13.8 Å². The van der Waals surface area contributed by atoms with E-state index in [2.05, 4.69) is 33.5 Å². The van der Waals surface area contributed by atoms with E-state index in [0.717, 1.165) is 11.1 Å². The van der Waals surface area contributed by atoms with Gasteiger partial charge >= 0.3 is 0 Å². The Labute approximate surface area is 155 Å². The zero-order chi connectivity index (χ0) is 17.8. The Bertz CT molecular complexity index is 960. The minimum absolute atomic E-state index is 0.235. The third-order valence-corrected chi connectivity index (χ3v) is 4.16. The standard InChI is InChI=1S/C18H17ClN4OS/c1-12-3-4-13(2)14(9-12)10-20-23-17(21-22-18(23)25)11-24-16-7-5-15(19)6-8-16/h3-10H,11H2,1-2H3,(H,22,25)/b20-10-. The lowest BCUT2D eigenvalue weighted by atomic mass is 10.1. The summed E-state index contributed by atoms with van der Waals surface area (Å²) in [4.78, 5) is 0. The average Bonchev–Trinajstić information content (AvgIpc) is 2.95. The van der Waals surface area contributed by atoms with Crippen LogP contribution in [0, 0.1) is 18.6 Å². The summed E-state index contributed by atoms with van der Waals surface area (Å²) in [5, 5.41) is 12.0. The maximum Gasteiger partial charge on any atom is 0.216 e. The number of ether oxygens (including phenoxy) is 1. The van der Waals surface area contributed by atoms with Crippen molar-refractivity contribution in [2.75, 3.05) is 0 Å². The molecule has 0 unspecified atom stereocenters. The number of nitrogens with zero attached hydrogens (tertiary/aromatic N) is 3. The van der Waals surface area contributed by atoms with Crippen molar-refractivity contribution >= 4 is 30.0 Å². The lowest BCUT2D eigenvalue weighted by Gasteiger charge is -2.06. The number of aromatic amines is 1. The van der Waals surface area contributed by atoms with Gasteiger partial charge in [-0.3, -0.25) is 0 Å². The lowest BCUT2D eigenvalue weighted by Crippen LogP contribution is -2.04. The first-order valence-electron chi connectivity index (χ1n) is 7.69. The molecule has 3 aromatic rings. The highest BCUT2D eigenvalue weighted by molar-refractivity contribution is 7.71. The number of benzene rings is 2. The summed E-state index contributed by atoms with van der Waals surface area (Å²) in [6.07, 6.45) is 1.78. The Kier molecular flexibility index (Phi) is 5.31. The first kappa shape index (κ1) is 17.4. The number of hydrogen-bond acceptors (Lipinski definition) is 4. The van der Waals surface area contributed by atoms with Crippen LogP contribution in [0.25, 0.3) is 0 Å². The van der Waals surface area contributed by atoms with Gasteiger partial charge in [0.1, 0.15) is 12.4 Å². The summed E-state index contributed by atoms with van der Waals surface area (Å²) in [6, 6.07) is 13.4. The monoisotopic (exact) mass is 372 g/mol. The molecule has 2 aromatic carbocycles. The van der Waals surface area contributed by atoms with E-state index >= 15 is 0 Å². The molecule has 7 heteroatoms. The predicted molar refractivity (Wildman–Crippen MR) is 102 cm³/mol. The van der Waals surface area contributed by atoms with Crippen molar-refractivity contribution in [3.63, 3.8) is 0 Å². The molecule has 128 valence electrons. The van der Waals surface area contributed by atoms with Crippen LogP contribution >= 0.6 is 23.8 Å². The molecule has 0 aliphatic carbocycles.